The second-order valence-corrected chi connectivity index (χ2v) is 4.51. The molecule has 0 saturated carbocycles. The van der Waals surface area contributed by atoms with Gasteiger partial charge in [-0.25, -0.2) is 9.59 Å². The Kier molecular flexibility index (Phi) is 5.19. The maximum Gasteiger partial charge on any atom is 0.335 e. The third-order valence-corrected chi connectivity index (χ3v) is 2.94. The number of rotatable bonds is 5. The first-order valence-electron chi connectivity index (χ1n) is 5.04. The fourth-order valence-corrected chi connectivity index (χ4v) is 2.09. The number of carboxylic acid groups (broad SMARTS) is 1. The third-order valence-electron chi connectivity index (χ3n) is 1.94. The van der Waals surface area contributed by atoms with Crippen LogP contribution in [-0.2, 0) is 4.79 Å². The van der Waals surface area contributed by atoms with Crippen LogP contribution in [0.15, 0.2) is 29.2 Å². The summed E-state index contributed by atoms with van der Waals surface area (Å²) in [6.07, 6.45) is 0.130. The number of carbonyl (C=O) groups excluding carboxylic acids is 2. The minimum Gasteiger partial charge on any atom is -0.478 e. The topological polar surface area (TPSA) is 109 Å². The molecule has 0 atom stereocenters. The molecule has 0 heterocycles. The molecule has 6 nitrogen and oxygen atoms in total. The summed E-state index contributed by atoms with van der Waals surface area (Å²) in [5.41, 5.74) is 4.98. The van der Waals surface area contributed by atoms with Gasteiger partial charge in [0.15, 0.2) is 0 Å². The Balaban J connectivity index is 2.44. The predicted molar refractivity (Wildman–Crippen MR) is 66.5 cm³/mol. The van der Waals surface area contributed by atoms with E-state index in [0.29, 0.717) is 5.75 Å². The van der Waals surface area contributed by atoms with Gasteiger partial charge in [-0.3, -0.25) is 10.1 Å². The van der Waals surface area contributed by atoms with Crippen molar-refractivity contribution in [3.8, 4) is 0 Å². The molecule has 0 radical (unpaired) electrons. The van der Waals surface area contributed by atoms with E-state index in [4.69, 9.17) is 10.8 Å². The third kappa shape index (κ3) is 4.88. The lowest BCUT2D eigenvalue weighted by atomic mass is 10.2. The number of carboxylic acids is 1. The minimum absolute atomic E-state index is 0.130. The standard InChI is InChI=1S/C11H12N2O4S/c12-11(17)13-9(14)4-5-18-8-3-1-2-7(6-8)10(15)16/h1-3,6H,4-5H2,(H,15,16)(H3,12,13,14,17). The van der Waals surface area contributed by atoms with Gasteiger partial charge in [-0.2, -0.15) is 0 Å². The second kappa shape index (κ2) is 6.65. The van der Waals surface area contributed by atoms with Gasteiger partial charge in [-0.05, 0) is 18.2 Å². The molecular formula is C11H12N2O4S. The number of hydrogen-bond acceptors (Lipinski definition) is 4. The summed E-state index contributed by atoms with van der Waals surface area (Å²) in [4.78, 5) is 33.0. The van der Waals surface area contributed by atoms with Gasteiger partial charge in [0, 0.05) is 17.1 Å². The molecule has 4 N–H and O–H groups in total. The highest BCUT2D eigenvalue weighted by Gasteiger charge is 2.06. The Morgan fingerprint density at radius 2 is 2.06 bits per heavy atom. The van der Waals surface area contributed by atoms with E-state index in [0.717, 1.165) is 4.90 Å². The maximum absolute atomic E-state index is 11.1. The molecule has 1 aromatic carbocycles. The SMILES string of the molecule is NC(=O)NC(=O)CCSc1cccc(C(=O)O)c1. The van der Waals surface area contributed by atoms with Crippen molar-refractivity contribution < 1.29 is 19.5 Å². The largest absolute Gasteiger partial charge is 0.478 e. The normalized spacial score (nSPS) is 9.78. The van der Waals surface area contributed by atoms with Gasteiger partial charge in [-0.15, -0.1) is 11.8 Å². The van der Waals surface area contributed by atoms with Gasteiger partial charge in [-0.1, -0.05) is 6.07 Å². The molecule has 7 heteroatoms. The summed E-state index contributed by atoms with van der Waals surface area (Å²) in [7, 11) is 0. The first-order valence-corrected chi connectivity index (χ1v) is 6.03. The quantitative estimate of drug-likeness (QED) is 0.692. The van der Waals surface area contributed by atoms with Crippen molar-refractivity contribution in [1.29, 1.82) is 0 Å². The van der Waals surface area contributed by atoms with Gasteiger partial charge in [0.2, 0.25) is 5.91 Å². The zero-order valence-corrected chi connectivity index (χ0v) is 10.2. The molecular weight excluding hydrogens is 256 g/mol. The molecule has 0 saturated heterocycles. The van der Waals surface area contributed by atoms with Crippen LogP contribution in [0, 0.1) is 0 Å². The lowest BCUT2D eigenvalue weighted by Crippen LogP contribution is -2.35. The molecule has 1 rings (SSSR count). The fourth-order valence-electron chi connectivity index (χ4n) is 1.18. The summed E-state index contributed by atoms with van der Waals surface area (Å²) >= 11 is 1.33. The zero-order valence-electron chi connectivity index (χ0n) is 9.38. The number of benzene rings is 1. The van der Waals surface area contributed by atoms with E-state index in [-0.39, 0.29) is 12.0 Å². The number of primary amides is 1. The molecule has 0 aliphatic carbocycles. The highest BCUT2D eigenvalue weighted by atomic mass is 32.2. The molecule has 0 fully saturated rings. The number of nitrogens with two attached hydrogens (primary N) is 1. The molecule has 0 bridgehead atoms. The van der Waals surface area contributed by atoms with E-state index >= 15 is 0 Å². The van der Waals surface area contributed by atoms with Gasteiger partial charge in [0.25, 0.3) is 0 Å². The number of imide groups is 1. The zero-order chi connectivity index (χ0) is 13.5. The number of carbonyl (C=O) groups is 3. The number of nitrogens with one attached hydrogen (secondary N) is 1. The number of hydrogen-bond donors (Lipinski definition) is 3. The van der Waals surface area contributed by atoms with Crippen LogP contribution in [-0.4, -0.2) is 28.8 Å². The Morgan fingerprint density at radius 1 is 1.33 bits per heavy atom. The first kappa shape index (κ1) is 14.0. The van der Waals surface area contributed by atoms with Crippen molar-refractivity contribution in [2.75, 3.05) is 5.75 Å². The molecule has 0 spiro atoms. The van der Waals surface area contributed by atoms with Crippen molar-refractivity contribution in [2.24, 2.45) is 5.73 Å². The van der Waals surface area contributed by atoms with Crippen molar-refractivity contribution in [3.05, 3.63) is 29.8 Å². The summed E-state index contributed by atoms with van der Waals surface area (Å²) in [5.74, 6) is -1.02. The summed E-state index contributed by atoms with van der Waals surface area (Å²) in [5, 5.41) is 10.7. The number of thioether (sulfide) groups is 1. The van der Waals surface area contributed by atoms with Gasteiger partial charge >= 0.3 is 12.0 Å². The minimum atomic E-state index is -0.996. The molecule has 96 valence electrons. The van der Waals surface area contributed by atoms with E-state index in [1.54, 1.807) is 12.1 Å². The molecule has 0 unspecified atom stereocenters. The van der Waals surface area contributed by atoms with E-state index in [2.05, 4.69) is 0 Å². The molecule has 0 aliphatic rings. The van der Waals surface area contributed by atoms with Crippen LogP contribution in [0.5, 0.6) is 0 Å². The summed E-state index contributed by atoms with van der Waals surface area (Å²) in [6, 6.07) is 5.53. The van der Waals surface area contributed by atoms with Crippen LogP contribution < -0.4 is 11.1 Å². The number of aromatic carboxylic acids is 1. The fraction of sp³-hybridized carbons (Fsp3) is 0.182. The van der Waals surface area contributed by atoms with Crippen molar-refractivity contribution in [1.82, 2.24) is 5.32 Å². The lowest BCUT2D eigenvalue weighted by Gasteiger charge is -2.03. The van der Waals surface area contributed by atoms with E-state index in [1.165, 1.54) is 23.9 Å². The summed E-state index contributed by atoms with van der Waals surface area (Å²) < 4.78 is 0. The Hall–Kier alpha value is -2.02. The average Bonchev–Trinajstić information content (AvgIpc) is 2.28. The summed E-state index contributed by atoms with van der Waals surface area (Å²) in [6.45, 7) is 0. The van der Waals surface area contributed by atoms with Crippen molar-refractivity contribution in [3.63, 3.8) is 0 Å². The van der Waals surface area contributed by atoms with Crippen LogP contribution in [0.4, 0.5) is 4.79 Å². The number of amides is 3. The smallest absolute Gasteiger partial charge is 0.335 e. The van der Waals surface area contributed by atoms with Crippen LogP contribution >= 0.6 is 11.8 Å². The van der Waals surface area contributed by atoms with Crippen LogP contribution in [0.1, 0.15) is 16.8 Å². The van der Waals surface area contributed by atoms with Crippen LogP contribution in [0.3, 0.4) is 0 Å². The molecule has 3 amide bonds. The van der Waals surface area contributed by atoms with E-state index in [1.807, 2.05) is 5.32 Å². The van der Waals surface area contributed by atoms with E-state index in [9.17, 15) is 14.4 Å². The highest BCUT2D eigenvalue weighted by molar-refractivity contribution is 7.99. The molecule has 1 aromatic rings. The van der Waals surface area contributed by atoms with Crippen LogP contribution in [0.2, 0.25) is 0 Å². The Morgan fingerprint density at radius 3 is 2.67 bits per heavy atom. The second-order valence-electron chi connectivity index (χ2n) is 3.34. The molecule has 0 aliphatic heterocycles. The lowest BCUT2D eigenvalue weighted by molar-refractivity contribution is -0.119. The highest BCUT2D eigenvalue weighted by Crippen LogP contribution is 2.19. The Labute approximate surface area is 108 Å². The Bertz CT molecular complexity index is 476. The maximum atomic E-state index is 11.1. The average molecular weight is 268 g/mol. The van der Waals surface area contributed by atoms with Crippen molar-refractivity contribution >= 4 is 29.7 Å². The monoisotopic (exact) mass is 268 g/mol. The van der Waals surface area contributed by atoms with Gasteiger partial charge in [0.05, 0.1) is 5.56 Å². The van der Waals surface area contributed by atoms with Crippen molar-refractivity contribution in [2.45, 2.75) is 11.3 Å². The van der Waals surface area contributed by atoms with Crippen LogP contribution in [0.25, 0.3) is 0 Å². The van der Waals surface area contributed by atoms with Gasteiger partial charge < -0.3 is 10.8 Å². The molecule has 0 aromatic heterocycles. The van der Waals surface area contributed by atoms with Gasteiger partial charge in [0.1, 0.15) is 0 Å². The first-order chi connectivity index (χ1) is 8.49. The van der Waals surface area contributed by atoms with E-state index < -0.39 is 17.9 Å². The molecule has 18 heavy (non-hydrogen) atoms. The predicted octanol–water partition coefficient (Wildman–Crippen LogP) is 1.06. The number of urea groups is 1.